The molecule has 0 saturated heterocycles. The van der Waals surface area contributed by atoms with Crippen LogP contribution in [0.3, 0.4) is 0 Å². The summed E-state index contributed by atoms with van der Waals surface area (Å²) in [5.74, 6) is 0.376. The van der Waals surface area contributed by atoms with Crippen molar-refractivity contribution in [3.63, 3.8) is 0 Å². The maximum absolute atomic E-state index is 11.5. The molecular formula is C18H20O3. The molecule has 0 heterocycles. The van der Waals surface area contributed by atoms with Gasteiger partial charge in [-0.25, -0.2) is 4.79 Å². The zero-order valence-corrected chi connectivity index (χ0v) is 12.4. The molecule has 110 valence electrons. The number of hydrogen-bond donors (Lipinski definition) is 0. The fourth-order valence-electron chi connectivity index (χ4n) is 2.04. The van der Waals surface area contributed by atoms with Gasteiger partial charge in [0.1, 0.15) is 5.75 Å². The Bertz CT molecular complexity index is 576. The van der Waals surface area contributed by atoms with Crippen molar-refractivity contribution < 1.29 is 14.3 Å². The number of carbonyl (C=O) groups excluding carboxylic acids is 1. The predicted molar refractivity (Wildman–Crippen MR) is 82.4 cm³/mol. The van der Waals surface area contributed by atoms with Crippen LogP contribution in [0.25, 0.3) is 0 Å². The molecular weight excluding hydrogens is 264 g/mol. The van der Waals surface area contributed by atoms with Crippen LogP contribution in [0.4, 0.5) is 0 Å². The zero-order valence-electron chi connectivity index (χ0n) is 12.4. The monoisotopic (exact) mass is 284 g/mol. The highest BCUT2D eigenvalue weighted by Crippen LogP contribution is 2.21. The second-order valence-corrected chi connectivity index (χ2v) is 5.10. The molecule has 0 saturated carbocycles. The molecule has 0 N–H and O–H groups in total. The van der Waals surface area contributed by atoms with Gasteiger partial charge in [0.05, 0.1) is 6.10 Å². The smallest absolute Gasteiger partial charge is 0.344 e. The number of ether oxygens (including phenoxy) is 2. The minimum Gasteiger partial charge on any atom is -0.482 e. The Labute approximate surface area is 125 Å². The third-order valence-electron chi connectivity index (χ3n) is 2.92. The number of benzene rings is 2. The lowest BCUT2D eigenvalue weighted by atomic mass is 10.0. The van der Waals surface area contributed by atoms with Gasteiger partial charge in [-0.2, -0.15) is 0 Å². The lowest BCUT2D eigenvalue weighted by molar-refractivity contribution is -0.149. The number of esters is 1. The van der Waals surface area contributed by atoms with Crippen molar-refractivity contribution in [2.24, 2.45) is 0 Å². The standard InChI is InChI=1S/C18H20O3/c1-14(2)21-18(19)13-20-17-11-7-6-10-16(17)12-15-8-4-3-5-9-15/h3-11,14H,12-13H2,1-2H3. The van der Waals surface area contributed by atoms with Gasteiger partial charge in [0, 0.05) is 6.42 Å². The van der Waals surface area contributed by atoms with Gasteiger partial charge < -0.3 is 9.47 Å². The molecule has 2 aromatic rings. The molecule has 3 nitrogen and oxygen atoms in total. The number of para-hydroxylation sites is 1. The Morgan fingerprint density at radius 2 is 1.67 bits per heavy atom. The number of hydrogen-bond acceptors (Lipinski definition) is 3. The first-order valence-electron chi connectivity index (χ1n) is 7.09. The Hall–Kier alpha value is -2.29. The molecule has 0 bridgehead atoms. The van der Waals surface area contributed by atoms with Crippen molar-refractivity contribution in [3.05, 3.63) is 65.7 Å². The second kappa shape index (κ2) is 7.48. The molecule has 0 atom stereocenters. The molecule has 0 fully saturated rings. The highest BCUT2D eigenvalue weighted by atomic mass is 16.6. The fourth-order valence-corrected chi connectivity index (χ4v) is 2.04. The summed E-state index contributed by atoms with van der Waals surface area (Å²) < 4.78 is 10.7. The van der Waals surface area contributed by atoms with E-state index >= 15 is 0 Å². The molecule has 3 heteroatoms. The van der Waals surface area contributed by atoms with Crippen molar-refractivity contribution in [2.75, 3.05) is 6.61 Å². The van der Waals surface area contributed by atoms with Gasteiger partial charge in [0.25, 0.3) is 0 Å². The zero-order chi connectivity index (χ0) is 15.1. The van der Waals surface area contributed by atoms with Gasteiger partial charge in [-0.3, -0.25) is 0 Å². The van der Waals surface area contributed by atoms with Crippen LogP contribution in [0, 0.1) is 0 Å². The average Bonchev–Trinajstić information content (AvgIpc) is 2.47. The molecule has 0 aliphatic heterocycles. The van der Waals surface area contributed by atoms with Crippen LogP contribution in [0.15, 0.2) is 54.6 Å². The van der Waals surface area contributed by atoms with E-state index in [4.69, 9.17) is 9.47 Å². The molecule has 0 radical (unpaired) electrons. The molecule has 0 aromatic heterocycles. The van der Waals surface area contributed by atoms with Crippen LogP contribution in [0.1, 0.15) is 25.0 Å². The fraction of sp³-hybridized carbons (Fsp3) is 0.278. The van der Waals surface area contributed by atoms with Gasteiger partial charge in [-0.1, -0.05) is 48.5 Å². The molecule has 2 aromatic carbocycles. The van der Waals surface area contributed by atoms with Crippen molar-refractivity contribution in [3.8, 4) is 5.75 Å². The van der Waals surface area contributed by atoms with Crippen LogP contribution in [0.5, 0.6) is 5.75 Å². The normalized spacial score (nSPS) is 10.4. The summed E-state index contributed by atoms with van der Waals surface area (Å²) in [5.41, 5.74) is 2.26. The lowest BCUT2D eigenvalue weighted by Gasteiger charge is -2.12. The summed E-state index contributed by atoms with van der Waals surface area (Å²) in [7, 11) is 0. The quantitative estimate of drug-likeness (QED) is 0.760. The minimum absolute atomic E-state index is 0.0655. The second-order valence-electron chi connectivity index (χ2n) is 5.10. The van der Waals surface area contributed by atoms with E-state index < -0.39 is 0 Å². The molecule has 0 amide bonds. The summed E-state index contributed by atoms with van der Waals surface area (Å²) in [6.07, 6.45) is 0.650. The van der Waals surface area contributed by atoms with Crippen LogP contribution in [-0.4, -0.2) is 18.7 Å². The highest BCUT2D eigenvalue weighted by Gasteiger charge is 2.09. The van der Waals surface area contributed by atoms with E-state index in [1.54, 1.807) is 0 Å². The summed E-state index contributed by atoms with van der Waals surface area (Å²) in [5, 5.41) is 0. The third-order valence-corrected chi connectivity index (χ3v) is 2.92. The Kier molecular flexibility index (Phi) is 5.38. The average molecular weight is 284 g/mol. The summed E-state index contributed by atoms with van der Waals surface area (Å²) in [4.78, 5) is 11.5. The van der Waals surface area contributed by atoms with Crippen molar-refractivity contribution in [2.45, 2.75) is 26.4 Å². The molecule has 0 aliphatic rings. The van der Waals surface area contributed by atoms with E-state index in [0.717, 1.165) is 17.7 Å². The molecule has 2 rings (SSSR count). The Balaban J connectivity index is 2.02. The SMILES string of the molecule is CC(C)OC(=O)COc1ccccc1Cc1ccccc1. The first-order chi connectivity index (χ1) is 10.1. The predicted octanol–water partition coefficient (Wildman–Crippen LogP) is 3.61. The van der Waals surface area contributed by atoms with Gasteiger partial charge in [-0.05, 0) is 31.0 Å². The third kappa shape index (κ3) is 4.95. The van der Waals surface area contributed by atoms with Gasteiger partial charge in [-0.15, -0.1) is 0 Å². The summed E-state index contributed by atoms with van der Waals surface area (Å²) >= 11 is 0. The first kappa shape index (κ1) is 15.1. The lowest BCUT2D eigenvalue weighted by Crippen LogP contribution is -2.19. The molecule has 0 unspecified atom stereocenters. The highest BCUT2D eigenvalue weighted by molar-refractivity contribution is 5.71. The Morgan fingerprint density at radius 1 is 1.00 bits per heavy atom. The van der Waals surface area contributed by atoms with Gasteiger partial charge in [0.15, 0.2) is 6.61 Å². The maximum atomic E-state index is 11.5. The van der Waals surface area contributed by atoms with Gasteiger partial charge in [0.2, 0.25) is 0 Å². The molecule has 0 aliphatic carbocycles. The van der Waals surface area contributed by atoms with Crippen molar-refractivity contribution in [1.82, 2.24) is 0 Å². The molecule has 0 spiro atoms. The van der Waals surface area contributed by atoms with Crippen LogP contribution >= 0.6 is 0 Å². The van der Waals surface area contributed by atoms with Crippen LogP contribution in [0.2, 0.25) is 0 Å². The van der Waals surface area contributed by atoms with E-state index in [9.17, 15) is 4.79 Å². The van der Waals surface area contributed by atoms with E-state index in [0.29, 0.717) is 0 Å². The van der Waals surface area contributed by atoms with Crippen LogP contribution < -0.4 is 4.74 Å². The molecule has 21 heavy (non-hydrogen) atoms. The van der Waals surface area contributed by atoms with E-state index in [-0.39, 0.29) is 18.7 Å². The van der Waals surface area contributed by atoms with Crippen molar-refractivity contribution >= 4 is 5.97 Å². The maximum Gasteiger partial charge on any atom is 0.344 e. The summed E-state index contributed by atoms with van der Waals surface area (Å²) in [6.45, 7) is 3.58. The van der Waals surface area contributed by atoms with Crippen molar-refractivity contribution in [1.29, 1.82) is 0 Å². The minimum atomic E-state index is -0.348. The van der Waals surface area contributed by atoms with Gasteiger partial charge >= 0.3 is 5.97 Å². The number of carbonyl (C=O) groups is 1. The largest absolute Gasteiger partial charge is 0.482 e. The Morgan fingerprint density at radius 3 is 2.38 bits per heavy atom. The van der Waals surface area contributed by atoms with E-state index in [1.807, 2.05) is 56.3 Å². The summed E-state index contributed by atoms with van der Waals surface area (Å²) in [6, 6.07) is 17.9. The van der Waals surface area contributed by atoms with E-state index in [2.05, 4.69) is 12.1 Å². The topological polar surface area (TPSA) is 35.5 Å². The van der Waals surface area contributed by atoms with Crippen LogP contribution in [-0.2, 0) is 16.0 Å². The number of rotatable bonds is 6. The van der Waals surface area contributed by atoms with E-state index in [1.165, 1.54) is 5.56 Å². The first-order valence-corrected chi connectivity index (χ1v) is 7.09.